The molecule has 3 heterocycles. The van der Waals surface area contributed by atoms with Gasteiger partial charge in [-0.2, -0.15) is 0 Å². The minimum atomic E-state index is 0.644. The van der Waals surface area contributed by atoms with Crippen molar-refractivity contribution in [2.45, 2.75) is 12.8 Å². The number of rotatable bonds is 5. The fourth-order valence-corrected chi connectivity index (χ4v) is 7.34. The third kappa shape index (κ3) is 4.66. The molecule has 10 rings (SSSR count). The second-order valence-corrected chi connectivity index (χ2v) is 12.7. The van der Waals surface area contributed by atoms with Crippen molar-refractivity contribution in [3.63, 3.8) is 0 Å². The summed E-state index contributed by atoms with van der Waals surface area (Å²) in [5.41, 5.74) is 10.5. The molecule has 0 aliphatic heterocycles. The van der Waals surface area contributed by atoms with Crippen molar-refractivity contribution < 1.29 is 4.42 Å². The zero-order valence-corrected chi connectivity index (χ0v) is 27.1. The van der Waals surface area contributed by atoms with Gasteiger partial charge in [-0.25, -0.2) is 15.0 Å². The van der Waals surface area contributed by atoms with Gasteiger partial charge < -0.3 is 8.98 Å². The van der Waals surface area contributed by atoms with Crippen molar-refractivity contribution in [1.29, 1.82) is 0 Å². The Morgan fingerprint density at radius 3 is 2.00 bits per heavy atom. The van der Waals surface area contributed by atoms with E-state index in [1.807, 2.05) is 30.3 Å². The number of benzene rings is 6. The topological polar surface area (TPSA) is 56.7 Å². The van der Waals surface area contributed by atoms with Crippen LogP contribution in [0.5, 0.6) is 0 Å². The lowest BCUT2D eigenvalue weighted by atomic mass is 10.0. The van der Waals surface area contributed by atoms with Gasteiger partial charge in [0.05, 0.1) is 11.0 Å². The van der Waals surface area contributed by atoms with Crippen LogP contribution < -0.4 is 0 Å². The van der Waals surface area contributed by atoms with Gasteiger partial charge >= 0.3 is 0 Å². The van der Waals surface area contributed by atoms with Crippen molar-refractivity contribution in [3.8, 4) is 39.6 Å². The van der Waals surface area contributed by atoms with E-state index in [-0.39, 0.29) is 0 Å². The van der Waals surface area contributed by atoms with E-state index >= 15 is 0 Å². The summed E-state index contributed by atoms with van der Waals surface area (Å²) >= 11 is 0. The molecule has 0 bridgehead atoms. The Bertz CT molecular complexity index is 2810. The number of hydrogen-bond donors (Lipinski definition) is 0. The summed E-state index contributed by atoms with van der Waals surface area (Å²) < 4.78 is 8.51. The van der Waals surface area contributed by atoms with Gasteiger partial charge in [0, 0.05) is 43.9 Å². The van der Waals surface area contributed by atoms with Gasteiger partial charge in [0.25, 0.3) is 0 Å². The molecule has 0 radical (unpaired) electrons. The molecule has 6 aromatic carbocycles. The first-order valence-electron chi connectivity index (χ1n) is 17.0. The van der Waals surface area contributed by atoms with E-state index in [2.05, 4.69) is 132 Å². The zero-order valence-electron chi connectivity index (χ0n) is 27.1. The minimum Gasteiger partial charge on any atom is -0.456 e. The number of fused-ring (bicyclic) bond motifs is 6. The number of furan rings is 1. The van der Waals surface area contributed by atoms with Crippen LogP contribution in [0.25, 0.3) is 88.9 Å². The molecule has 1 aliphatic rings. The maximum absolute atomic E-state index is 6.13. The van der Waals surface area contributed by atoms with Gasteiger partial charge in [0.15, 0.2) is 17.5 Å². The molecular formula is C45H30N4O. The summed E-state index contributed by atoms with van der Waals surface area (Å²) in [6, 6.07) is 48.8. The van der Waals surface area contributed by atoms with Crippen LogP contribution >= 0.6 is 0 Å². The minimum absolute atomic E-state index is 0.644. The summed E-state index contributed by atoms with van der Waals surface area (Å²) in [5, 5.41) is 4.45. The van der Waals surface area contributed by atoms with E-state index in [1.54, 1.807) is 0 Å². The van der Waals surface area contributed by atoms with Gasteiger partial charge in [0.2, 0.25) is 0 Å². The molecule has 9 aromatic rings. The smallest absolute Gasteiger partial charge is 0.164 e. The van der Waals surface area contributed by atoms with E-state index < -0.39 is 0 Å². The van der Waals surface area contributed by atoms with E-state index in [9.17, 15) is 0 Å². The van der Waals surface area contributed by atoms with Gasteiger partial charge in [-0.05, 0) is 78.6 Å². The molecule has 0 saturated carbocycles. The Morgan fingerprint density at radius 1 is 0.520 bits per heavy atom. The molecular weight excluding hydrogens is 613 g/mol. The van der Waals surface area contributed by atoms with Crippen LogP contribution in [0.3, 0.4) is 0 Å². The van der Waals surface area contributed by atoms with Gasteiger partial charge in [0.1, 0.15) is 11.2 Å². The quantitative estimate of drug-likeness (QED) is 0.187. The fraction of sp³-hybridized carbons (Fsp3) is 0.0444. The third-order valence-electron chi connectivity index (χ3n) is 9.72. The van der Waals surface area contributed by atoms with Crippen LogP contribution in [0.15, 0.2) is 162 Å². The predicted octanol–water partition coefficient (Wildman–Crippen LogP) is 11.6. The summed E-state index contributed by atoms with van der Waals surface area (Å²) in [4.78, 5) is 15.3. The first-order valence-corrected chi connectivity index (χ1v) is 17.0. The summed E-state index contributed by atoms with van der Waals surface area (Å²) in [5.74, 6) is 2.01. The maximum Gasteiger partial charge on any atom is 0.164 e. The Kier molecular flexibility index (Phi) is 6.56. The lowest BCUT2D eigenvalue weighted by Crippen LogP contribution is -2.03. The van der Waals surface area contributed by atoms with Gasteiger partial charge in [-0.15, -0.1) is 0 Å². The molecule has 0 N–H and O–H groups in total. The molecule has 0 fully saturated rings. The number of hydrogen-bond acceptors (Lipinski definition) is 4. The molecule has 236 valence electrons. The van der Waals surface area contributed by atoms with Crippen molar-refractivity contribution >= 4 is 49.3 Å². The highest BCUT2D eigenvalue weighted by Crippen LogP contribution is 2.40. The Hall–Kier alpha value is -6.59. The van der Waals surface area contributed by atoms with Crippen LogP contribution in [0, 0.1) is 0 Å². The van der Waals surface area contributed by atoms with Crippen LogP contribution in [-0.2, 0) is 0 Å². The van der Waals surface area contributed by atoms with E-state index in [1.165, 1.54) is 22.0 Å². The van der Waals surface area contributed by atoms with E-state index in [0.717, 1.165) is 68.1 Å². The predicted molar refractivity (Wildman–Crippen MR) is 204 cm³/mol. The van der Waals surface area contributed by atoms with Crippen LogP contribution in [-0.4, -0.2) is 19.5 Å². The fourth-order valence-electron chi connectivity index (χ4n) is 7.34. The molecule has 0 saturated heterocycles. The SMILES string of the molecule is C1=CCCC(c2nc(-c3ccc4oc5ccccc5c4c3)nc(-c3ccc4c(c3)c3cccc(-c5ccccc5)c3n4-c3ccccc3)n2)=C1. The average Bonchev–Trinajstić information content (AvgIpc) is 3.74. The van der Waals surface area contributed by atoms with Crippen LogP contribution in [0.2, 0.25) is 0 Å². The molecule has 0 unspecified atom stereocenters. The first kappa shape index (κ1) is 28.4. The lowest BCUT2D eigenvalue weighted by Gasteiger charge is -2.12. The average molecular weight is 643 g/mol. The highest BCUT2D eigenvalue weighted by molar-refractivity contribution is 6.14. The molecule has 0 spiro atoms. The Labute approximate surface area is 288 Å². The Morgan fingerprint density at radius 2 is 1.20 bits per heavy atom. The highest BCUT2D eigenvalue weighted by atomic mass is 16.3. The van der Waals surface area contributed by atoms with Crippen LogP contribution in [0.4, 0.5) is 0 Å². The molecule has 0 atom stereocenters. The molecule has 5 heteroatoms. The standard InChI is InChI=1S/C45H30N4O/c1-4-13-29(14-5-1)34-20-12-21-36-37-27-31(23-25-39(37)49(42(34)36)33-17-8-3-9-18-33)44-46-43(30-15-6-2-7-16-30)47-45(48-44)32-24-26-41-38(28-32)35-19-10-11-22-40(35)50-41/h1-6,8-15,17-28H,7,16H2. The van der Waals surface area contributed by atoms with E-state index in [4.69, 9.17) is 19.4 Å². The second kappa shape index (κ2) is 11.5. The highest BCUT2D eigenvalue weighted by Gasteiger charge is 2.20. The first-order chi connectivity index (χ1) is 24.8. The zero-order chi connectivity index (χ0) is 33.0. The largest absolute Gasteiger partial charge is 0.456 e. The third-order valence-corrected chi connectivity index (χ3v) is 9.72. The second-order valence-electron chi connectivity index (χ2n) is 12.7. The summed E-state index contributed by atoms with van der Waals surface area (Å²) in [7, 11) is 0. The molecule has 0 amide bonds. The van der Waals surface area contributed by atoms with Crippen molar-refractivity contribution in [1.82, 2.24) is 19.5 Å². The van der Waals surface area contributed by atoms with Crippen LogP contribution in [0.1, 0.15) is 18.7 Å². The normalized spacial score (nSPS) is 13.1. The maximum atomic E-state index is 6.13. The summed E-state index contributed by atoms with van der Waals surface area (Å²) in [6.07, 6.45) is 8.26. The van der Waals surface area contributed by atoms with E-state index in [0.29, 0.717) is 17.5 Å². The van der Waals surface area contributed by atoms with Gasteiger partial charge in [-0.1, -0.05) is 103 Å². The summed E-state index contributed by atoms with van der Waals surface area (Å²) in [6.45, 7) is 0. The number of nitrogens with zero attached hydrogens (tertiary/aromatic N) is 4. The molecule has 3 aromatic heterocycles. The lowest BCUT2D eigenvalue weighted by molar-refractivity contribution is 0.669. The molecule has 1 aliphatic carbocycles. The van der Waals surface area contributed by atoms with Crippen molar-refractivity contribution in [2.24, 2.45) is 0 Å². The van der Waals surface area contributed by atoms with Crippen molar-refractivity contribution in [3.05, 3.63) is 164 Å². The van der Waals surface area contributed by atoms with Gasteiger partial charge in [-0.3, -0.25) is 0 Å². The molecule has 50 heavy (non-hydrogen) atoms. The number of para-hydroxylation sites is 3. The number of allylic oxidation sites excluding steroid dienone is 4. The molecule has 5 nitrogen and oxygen atoms in total. The Balaban J connectivity index is 1.20. The van der Waals surface area contributed by atoms with Crippen molar-refractivity contribution in [2.75, 3.05) is 0 Å². The number of aromatic nitrogens is 4. The monoisotopic (exact) mass is 642 g/mol.